The number of aromatic nitrogens is 4. The first-order chi connectivity index (χ1) is 17.3. The summed E-state index contributed by atoms with van der Waals surface area (Å²) in [6, 6.07) is 31.9. The lowest BCUT2D eigenvalue weighted by atomic mass is 9.78. The van der Waals surface area contributed by atoms with E-state index in [1.54, 1.807) is 0 Å². The normalized spacial score (nSPS) is 17.9. The van der Waals surface area contributed by atoms with Crippen molar-refractivity contribution in [1.82, 2.24) is 19.5 Å². The van der Waals surface area contributed by atoms with E-state index >= 15 is 0 Å². The van der Waals surface area contributed by atoms with E-state index in [4.69, 9.17) is 16.3 Å². The molecule has 174 valence electrons. The maximum Gasteiger partial charge on any atom is 0.165 e. The lowest BCUT2D eigenvalue weighted by Crippen LogP contribution is -2.37. The van der Waals surface area contributed by atoms with Gasteiger partial charge in [-0.05, 0) is 35.4 Å². The van der Waals surface area contributed by atoms with Crippen LogP contribution in [0.3, 0.4) is 0 Å². The highest BCUT2D eigenvalue weighted by Crippen LogP contribution is 2.44. The first-order valence-corrected chi connectivity index (χ1v) is 12.3. The first kappa shape index (κ1) is 22.0. The quantitative estimate of drug-likeness (QED) is 0.199. The Balaban J connectivity index is 1.29. The van der Waals surface area contributed by atoms with Crippen LogP contribution in [0, 0.1) is 5.92 Å². The van der Waals surface area contributed by atoms with Crippen LogP contribution >= 0.6 is 11.6 Å². The van der Waals surface area contributed by atoms with Crippen molar-refractivity contribution in [3.05, 3.63) is 125 Å². The smallest absolute Gasteiger partial charge is 0.165 e. The molecule has 1 aliphatic rings. The summed E-state index contributed by atoms with van der Waals surface area (Å²) < 4.78 is 9.12. The Hall–Kier alpha value is -3.54. The number of nitrogens with zero attached hydrogens (tertiary/aromatic N) is 4. The van der Waals surface area contributed by atoms with Gasteiger partial charge in [-0.15, -0.1) is 0 Å². The summed E-state index contributed by atoms with van der Waals surface area (Å²) in [4.78, 5) is 12.9. The Bertz CT molecular complexity index is 1320. The van der Waals surface area contributed by atoms with Gasteiger partial charge in [0.05, 0.1) is 12.9 Å². The molecule has 3 aromatic carbocycles. The van der Waals surface area contributed by atoms with Crippen molar-refractivity contribution in [2.45, 2.75) is 24.5 Å². The maximum absolute atomic E-state index is 6.99. The Kier molecular flexibility index (Phi) is 5.80. The number of benzene rings is 3. The van der Waals surface area contributed by atoms with Crippen molar-refractivity contribution >= 4 is 22.8 Å². The van der Waals surface area contributed by atoms with Gasteiger partial charge in [-0.25, -0.2) is 15.0 Å². The van der Waals surface area contributed by atoms with Gasteiger partial charge in [-0.1, -0.05) is 103 Å². The van der Waals surface area contributed by atoms with E-state index in [2.05, 4.69) is 92.3 Å². The molecule has 0 aliphatic heterocycles. The molecule has 0 bridgehead atoms. The average molecular weight is 481 g/mol. The van der Waals surface area contributed by atoms with Crippen LogP contribution in [-0.4, -0.2) is 26.1 Å². The molecule has 0 radical (unpaired) electrons. The summed E-state index contributed by atoms with van der Waals surface area (Å²) in [7, 11) is 0. The molecular weight excluding hydrogens is 456 g/mol. The van der Waals surface area contributed by atoms with Crippen LogP contribution in [0.25, 0.3) is 11.2 Å². The molecule has 0 atom stereocenters. The van der Waals surface area contributed by atoms with Crippen LogP contribution < -0.4 is 0 Å². The number of fused-ring (bicyclic) bond motifs is 1. The maximum atomic E-state index is 6.99. The van der Waals surface area contributed by atoms with Gasteiger partial charge in [0.15, 0.2) is 10.8 Å². The molecule has 35 heavy (non-hydrogen) atoms. The number of halogens is 1. The number of hydrogen-bond donors (Lipinski definition) is 0. The second-order valence-corrected chi connectivity index (χ2v) is 9.43. The summed E-state index contributed by atoms with van der Waals surface area (Å²) in [5.41, 5.74) is 4.14. The van der Waals surface area contributed by atoms with Crippen LogP contribution in [0.1, 0.15) is 35.6 Å². The fourth-order valence-electron chi connectivity index (χ4n) is 5.17. The van der Waals surface area contributed by atoms with Crippen molar-refractivity contribution in [3.8, 4) is 0 Å². The van der Waals surface area contributed by atoms with Crippen molar-refractivity contribution < 1.29 is 4.74 Å². The third-order valence-corrected chi connectivity index (χ3v) is 7.27. The zero-order valence-corrected chi connectivity index (χ0v) is 19.9. The highest BCUT2D eigenvalue weighted by molar-refractivity contribution is 6.33. The summed E-state index contributed by atoms with van der Waals surface area (Å²) in [5.74, 6) is 0.435. The lowest BCUT2D eigenvalue weighted by molar-refractivity contribution is -0.0330. The van der Waals surface area contributed by atoms with E-state index in [-0.39, 0.29) is 0 Å². The average Bonchev–Trinajstić information content (AvgIpc) is 3.32. The monoisotopic (exact) mass is 480 g/mol. The van der Waals surface area contributed by atoms with Crippen LogP contribution in [0.5, 0.6) is 0 Å². The highest BCUT2D eigenvalue weighted by atomic mass is 35.5. The van der Waals surface area contributed by atoms with E-state index < -0.39 is 5.60 Å². The van der Waals surface area contributed by atoms with Crippen LogP contribution in [-0.2, 0) is 10.3 Å². The second-order valence-electron chi connectivity index (χ2n) is 9.07. The summed E-state index contributed by atoms with van der Waals surface area (Å²) in [6.07, 6.45) is 5.33. The van der Waals surface area contributed by atoms with Gasteiger partial charge in [0.2, 0.25) is 0 Å². The van der Waals surface area contributed by atoms with E-state index in [0.29, 0.717) is 29.2 Å². The molecule has 1 fully saturated rings. The minimum atomic E-state index is -0.683. The fourth-order valence-corrected chi connectivity index (χ4v) is 5.34. The van der Waals surface area contributed by atoms with Crippen LogP contribution in [0.4, 0.5) is 0 Å². The zero-order valence-electron chi connectivity index (χ0n) is 19.2. The Labute approximate surface area is 209 Å². The molecule has 5 aromatic rings. The third-order valence-electron chi connectivity index (χ3n) is 6.99. The van der Waals surface area contributed by atoms with Gasteiger partial charge < -0.3 is 9.30 Å². The van der Waals surface area contributed by atoms with Crippen molar-refractivity contribution in [3.63, 3.8) is 0 Å². The van der Waals surface area contributed by atoms with Crippen molar-refractivity contribution in [2.24, 2.45) is 5.92 Å². The fraction of sp³-hybridized carbons (Fsp3) is 0.207. The summed E-state index contributed by atoms with van der Waals surface area (Å²) in [6.45, 7) is 0.650. The van der Waals surface area contributed by atoms with Gasteiger partial charge in [0.25, 0.3) is 0 Å². The molecular formula is C29H25ClN4O. The molecule has 0 saturated heterocycles. The van der Waals surface area contributed by atoms with E-state index in [0.717, 1.165) is 35.2 Å². The predicted octanol–water partition coefficient (Wildman–Crippen LogP) is 6.44. The Morgan fingerprint density at radius 3 is 1.86 bits per heavy atom. The second kappa shape index (κ2) is 9.25. The number of imidazole rings is 1. The largest absolute Gasteiger partial charge is 0.361 e. The third kappa shape index (κ3) is 3.91. The Morgan fingerprint density at radius 1 is 0.771 bits per heavy atom. The molecule has 1 saturated carbocycles. The number of ether oxygens (including phenoxy) is 1. The van der Waals surface area contributed by atoms with Gasteiger partial charge in [-0.3, -0.25) is 0 Å². The Morgan fingerprint density at radius 2 is 1.31 bits per heavy atom. The topological polar surface area (TPSA) is 52.8 Å². The molecule has 0 amide bonds. The molecule has 2 aromatic heterocycles. The van der Waals surface area contributed by atoms with Gasteiger partial charge >= 0.3 is 0 Å². The van der Waals surface area contributed by atoms with Gasteiger partial charge in [0.1, 0.15) is 17.4 Å². The molecule has 0 spiro atoms. The van der Waals surface area contributed by atoms with E-state index in [9.17, 15) is 0 Å². The SMILES string of the molecule is Clc1ncnc2c1ncn2C1CC(COC(c2ccccc2)(c2ccccc2)c2ccccc2)C1. The summed E-state index contributed by atoms with van der Waals surface area (Å²) >= 11 is 6.19. The molecule has 0 N–H and O–H groups in total. The molecule has 6 rings (SSSR count). The predicted molar refractivity (Wildman–Crippen MR) is 137 cm³/mol. The summed E-state index contributed by atoms with van der Waals surface area (Å²) in [5, 5.41) is 0.395. The molecule has 5 nitrogen and oxygen atoms in total. The van der Waals surface area contributed by atoms with Gasteiger partial charge in [-0.2, -0.15) is 0 Å². The van der Waals surface area contributed by atoms with E-state index in [1.165, 1.54) is 6.33 Å². The minimum Gasteiger partial charge on any atom is -0.361 e. The van der Waals surface area contributed by atoms with Crippen LogP contribution in [0.2, 0.25) is 5.15 Å². The lowest BCUT2D eigenvalue weighted by Gasteiger charge is -2.41. The zero-order chi connectivity index (χ0) is 23.7. The highest BCUT2D eigenvalue weighted by Gasteiger charge is 2.40. The van der Waals surface area contributed by atoms with Crippen molar-refractivity contribution in [1.29, 1.82) is 0 Å². The molecule has 6 heteroatoms. The van der Waals surface area contributed by atoms with Gasteiger partial charge in [0, 0.05) is 6.04 Å². The van der Waals surface area contributed by atoms with E-state index in [1.807, 2.05) is 24.5 Å². The minimum absolute atomic E-state index is 0.333. The van der Waals surface area contributed by atoms with Crippen molar-refractivity contribution in [2.75, 3.05) is 6.61 Å². The molecule has 0 unspecified atom stereocenters. The number of rotatable bonds is 7. The number of hydrogen-bond acceptors (Lipinski definition) is 4. The molecule has 1 aliphatic carbocycles. The molecule has 2 heterocycles. The first-order valence-electron chi connectivity index (χ1n) is 11.9. The standard InChI is InChI=1S/C29H25ClN4O/c30-27-26-28(32-19-31-27)34(20-33-26)25-16-21(17-25)18-35-29(22-10-4-1-5-11-22,23-12-6-2-7-13-23)24-14-8-3-9-15-24/h1-15,19-21,25H,16-18H2. The van der Waals surface area contributed by atoms with Crippen LogP contribution in [0.15, 0.2) is 104 Å².